The van der Waals surface area contributed by atoms with Crippen LogP contribution in [0.2, 0.25) is 0 Å². The summed E-state index contributed by atoms with van der Waals surface area (Å²) in [5.74, 6) is 0. The van der Waals surface area contributed by atoms with E-state index in [1.807, 2.05) is 26.0 Å². The van der Waals surface area contributed by atoms with Gasteiger partial charge in [-0.2, -0.15) is 0 Å². The predicted octanol–water partition coefficient (Wildman–Crippen LogP) is 2.14. The Morgan fingerprint density at radius 1 is 1.70 bits per heavy atom. The van der Waals surface area contributed by atoms with Crippen molar-refractivity contribution >= 4 is 5.71 Å². The van der Waals surface area contributed by atoms with Crippen molar-refractivity contribution in [3.63, 3.8) is 0 Å². The Morgan fingerprint density at radius 3 is 2.90 bits per heavy atom. The minimum Gasteiger partial charge on any atom is -0.391 e. The quantitative estimate of drug-likeness (QED) is 0.253. The maximum atomic E-state index is 4.82. The summed E-state index contributed by atoms with van der Waals surface area (Å²) in [5.41, 5.74) is 0.865. The summed E-state index contributed by atoms with van der Waals surface area (Å²) >= 11 is 0. The van der Waals surface area contributed by atoms with E-state index in [-0.39, 0.29) is 0 Å². The fraction of sp³-hybridized carbons (Fsp3) is 0.375. The second-order valence-corrected chi connectivity index (χ2v) is 1.82. The highest BCUT2D eigenvalue weighted by molar-refractivity contribution is 5.92. The average molecular weight is 139 g/mol. The van der Waals surface area contributed by atoms with Crippen LogP contribution in [0.1, 0.15) is 13.8 Å². The molecule has 0 saturated carbocycles. The van der Waals surface area contributed by atoms with Crippen molar-refractivity contribution in [2.24, 2.45) is 5.16 Å². The fourth-order valence-electron chi connectivity index (χ4n) is 0.463. The predicted molar refractivity (Wildman–Crippen MR) is 44.1 cm³/mol. The van der Waals surface area contributed by atoms with Crippen molar-refractivity contribution in [2.75, 3.05) is 6.61 Å². The van der Waals surface area contributed by atoms with Crippen LogP contribution in [0.3, 0.4) is 0 Å². The van der Waals surface area contributed by atoms with Gasteiger partial charge in [-0.25, -0.2) is 0 Å². The molecule has 0 aromatic heterocycles. The number of rotatable bonds is 4. The molecule has 0 aliphatic rings. The number of nitrogens with zero attached hydrogens (tertiary/aromatic N) is 1. The summed E-state index contributed by atoms with van der Waals surface area (Å²) in [5, 5.41) is 3.76. The molecule has 0 radical (unpaired) electrons. The summed E-state index contributed by atoms with van der Waals surface area (Å²) < 4.78 is 0. The zero-order chi connectivity index (χ0) is 7.82. The zero-order valence-electron chi connectivity index (χ0n) is 6.50. The van der Waals surface area contributed by atoms with E-state index >= 15 is 0 Å². The molecule has 56 valence electrons. The van der Waals surface area contributed by atoms with Crippen molar-refractivity contribution in [1.82, 2.24) is 0 Å². The van der Waals surface area contributed by atoms with E-state index in [1.165, 1.54) is 0 Å². The third-order valence-electron chi connectivity index (χ3n) is 0.809. The summed E-state index contributed by atoms with van der Waals surface area (Å²) in [4.78, 5) is 4.82. The first-order chi connectivity index (χ1) is 4.81. The Labute approximate surface area is 61.9 Å². The maximum absolute atomic E-state index is 4.82. The summed E-state index contributed by atoms with van der Waals surface area (Å²) in [6.07, 6.45) is 5.45. The summed E-state index contributed by atoms with van der Waals surface area (Å²) in [6.45, 7) is 7.77. The Morgan fingerprint density at radius 2 is 2.40 bits per heavy atom. The monoisotopic (exact) mass is 139 g/mol. The van der Waals surface area contributed by atoms with Crippen LogP contribution in [0.4, 0.5) is 0 Å². The van der Waals surface area contributed by atoms with Gasteiger partial charge in [0.15, 0.2) is 0 Å². The lowest BCUT2D eigenvalue weighted by Gasteiger charge is -1.92. The maximum Gasteiger partial charge on any atom is 0.135 e. The van der Waals surface area contributed by atoms with Crippen molar-refractivity contribution in [3.05, 3.63) is 24.8 Å². The van der Waals surface area contributed by atoms with Crippen molar-refractivity contribution in [2.45, 2.75) is 13.8 Å². The molecule has 0 unspecified atom stereocenters. The minimum atomic E-state index is 0.467. The minimum absolute atomic E-state index is 0.467. The molecule has 10 heavy (non-hydrogen) atoms. The van der Waals surface area contributed by atoms with E-state index in [4.69, 9.17) is 4.84 Å². The average Bonchev–Trinajstić information content (AvgIpc) is 1.89. The molecule has 0 fully saturated rings. The largest absolute Gasteiger partial charge is 0.391 e. The number of allylic oxidation sites excluding steroid dienone is 2. The normalized spacial score (nSPS) is 12.0. The zero-order valence-corrected chi connectivity index (χ0v) is 6.50. The van der Waals surface area contributed by atoms with Gasteiger partial charge in [-0.3, -0.25) is 0 Å². The molecule has 0 aliphatic heterocycles. The lowest BCUT2D eigenvalue weighted by Crippen LogP contribution is -1.88. The van der Waals surface area contributed by atoms with E-state index in [0.717, 1.165) is 5.71 Å². The van der Waals surface area contributed by atoms with Gasteiger partial charge in [0.25, 0.3) is 0 Å². The molecule has 0 spiro atoms. The standard InChI is InChI=1S/C8H13NO/c1-4-6-8(3)9-10-7-5-2/h4-6H,2,7H2,1,3H3. The van der Waals surface area contributed by atoms with Gasteiger partial charge in [-0.1, -0.05) is 23.9 Å². The van der Waals surface area contributed by atoms with E-state index in [0.29, 0.717) is 6.61 Å². The van der Waals surface area contributed by atoms with Crippen molar-refractivity contribution in [3.8, 4) is 0 Å². The second kappa shape index (κ2) is 6.08. The van der Waals surface area contributed by atoms with Gasteiger partial charge in [0, 0.05) is 0 Å². The third-order valence-corrected chi connectivity index (χ3v) is 0.809. The third kappa shape index (κ3) is 5.09. The van der Waals surface area contributed by atoms with Crippen LogP contribution in [-0.2, 0) is 4.84 Å². The molecule has 0 amide bonds. The topological polar surface area (TPSA) is 21.6 Å². The van der Waals surface area contributed by atoms with E-state index in [9.17, 15) is 0 Å². The van der Waals surface area contributed by atoms with E-state index in [1.54, 1.807) is 6.08 Å². The van der Waals surface area contributed by atoms with E-state index in [2.05, 4.69) is 11.7 Å². The molecular weight excluding hydrogens is 126 g/mol. The van der Waals surface area contributed by atoms with Gasteiger partial charge < -0.3 is 4.84 Å². The van der Waals surface area contributed by atoms with Gasteiger partial charge in [0.2, 0.25) is 0 Å². The molecule has 0 rings (SSSR count). The Hall–Kier alpha value is -1.05. The van der Waals surface area contributed by atoms with Crippen LogP contribution in [-0.4, -0.2) is 12.3 Å². The molecule has 0 saturated heterocycles. The van der Waals surface area contributed by atoms with Crippen LogP contribution in [0, 0.1) is 0 Å². The highest BCUT2D eigenvalue weighted by atomic mass is 16.6. The molecule has 0 aromatic rings. The summed E-state index contributed by atoms with van der Waals surface area (Å²) in [7, 11) is 0. The van der Waals surface area contributed by atoms with Gasteiger partial charge in [-0.05, 0) is 19.9 Å². The van der Waals surface area contributed by atoms with Gasteiger partial charge in [0.1, 0.15) is 6.61 Å². The Balaban J connectivity index is 3.57. The van der Waals surface area contributed by atoms with Gasteiger partial charge >= 0.3 is 0 Å². The number of hydrogen-bond acceptors (Lipinski definition) is 2. The molecule has 2 nitrogen and oxygen atoms in total. The Kier molecular flexibility index (Phi) is 5.44. The molecule has 0 bridgehead atoms. The Bertz CT molecular complexity index is 147. The van der Waals surface area contributed by atoms with E-state index < -0.39 is 0 Å². The highest BCUT2D eigenvalue weighted by Crippen LogP contribution is 1.83. The van der Waals surface area contributed by atoms with Crippen molar-refractivity contribution in [1.29, 1.82) is 0 Å². The molecule has 0 aliphatic carbocycles. The lowest BCUT2D eigenvalue weighted by atomic mass is 10.4. The first-order valence-corrected chi connectivity index (χ1v) is 3.21. The number of oxime groups is 1. The van der Waals surface area contributed by atoms with Gasteiger partial charge in [-0.15, -0.1) is 0 Å². The molecule has 0 aromatic carbocycles. The molecule has 0 atom stereocenters. The second-order valence-electron chi connectivity index (χ2n) is 1.82. The first kappa shape index (κ1) is 8.95. The van der Waals surface area contributed by atoms with Crippen LogP contribution in [0.15, 0.2) is 30.0 Å². The number of hydrogen-bond donors (Lipinski definition) is 0. The summed E-state index contributed by atoms with van der Waals surface area (Å²) in [6, 6.07) is 0. The van der Waals surface area contributed by atoms with Crippen LogP contribution < -0.4 is 0 Å². The molecular formula is C8H13NO. The lowest BCUT2D eigenvalue weighted by molar-refractivity contribution is 0.175. The van der Waals surface area contributed by atoms with Gasteiger partial charge in [0.05, 0.1) is 5.71 Å². The SMILES string of the molecule is C=CCON=C(C)C=CC. The smallest absolute Gasteiger partial charge is 0.135 e. The van der Waals surface area contributed by atoms with Crippen LogP contribution in [0.5, 0.6) is 0 Å². The van der Waals surface area contributed by atoms with Crippen LogP contribution in [0.25, 0.3) is 0 Å². The molecule has 0 N–H and O–H groups in total. The highest BCUT2D eigenvalue weighted by Gasteiger charge is 1.80. The molecule has 2 heteroatoms. The molecule has 0 heterocycles. The van der Waals surface area contributed by atoms with Crippen LogP contribution >= 0.6 is 0 Å². The fourth-order valence-corrected chi connectivity index (χ4v) is 0.463. The first-order valence-electron chi connectivity index (χ1n) is 3.21. The van der Waals surface area contributed by atoms with Crippen molar-refractivity contribution < 1.29 is 4.84 Å².